The number of likely N-dealkylation sites (tertiary alicyclic amines) is 1. The van der Waals surface area contributed by atoms with Gasteiger partial charge in [-0.3, -0.25) is 14.5 Å². The van der Waals surface area contributed by atoms with Crippen molar-refractivity contribution in [2.75, 3.05) is 31.6 Å². The molecule has 1 aromatic heterocycles. The second-order valence-corrected chi connectivity index (χ2v) is 13.4. The van der Waals surface area contributed by atoms with Crippen LogP contribution >= 0.6 is 11.6 Å². The van der Waals surface area contributed by atoms with E-state index in [0.717, 1.165) is 57.5 Å². The first-order valence-corrected chi connectivity index (χ1v) is 16.6. The molecule has 0 unspecified atom stereocenters. The number of rotatable bonds is 9. The van der Waals surface area contributed by atoms with E-state index in [1.165, 1.54) is 12.3 Å². The molecule has 0 bridgehead atoms. The largest absolute Gasteiger partial charge is 0.463 e. The Morgan fingerprint density at radius 3 is 2.57 bits per heavy atom. The van der Waals surface area contributed by atoms with E-state index in [1.54, 1.807) is 18.2 Å². The first kappa shape index (κ1) is 32.6. The Bertz CT molecular complexity index is 1560. The number of nitrogens with one attached hydrogen (secondary N) is 1. The maximum Gasteiger partial charge on any atom is 0.259 e. The van der Waals surface area contributed by atoms with Gasteiger partial charge in [0.15, 0.2) is 0 Å². The molecule has 2 aromatic carbocycles. The van der Waals surface area contributed by atoms with Crippen molar-refractivity contribution >= 4 is 46.4 Å². The number of aldehydes is 1. The fourth-order valence-electron chi connectivity index (χ4n) is 7.20. The van der Waals surface area contributed by atoms with Crippen molar-refractivity contribution in [1.29, 1.82) is 0 Å². The number of hydrogen-bond acceptors (Lipinski definition) is 7. The third-order valence-electron chi connectivity index (χ3n) is 9.56. The van der Waals surface area contributed by atoms with E-state index in [-0.39, 0.29) is 64.9 Å². The summed E-state index contributed by atoms with van der Waals surface area (Å²) in [5.74, 6) is -1.21. The van der Waals surface area contributed by atoms with Gasteiger partial charge in [-0.15, -0.1) is 0 Å². The lowest BCUT2D eigenvalue weighted by atomic mass is 9.88. The first-order chi connectivity index (χ1) is 22.2. The zero-order chi connectivity index (χ0) is 32.4. The molecule has 2 amide bonds. The van der Waals surface area contributed by atoms with Crippen LogP contribution in [0.2, 0.25) is 5.02 Å². The minimum atomic E-state index is -0.628. The monoisotopic (exact) mass is 653 g/mol. The Morgan fingerprint density at radius 1 is 1.09 bits per heavy atom. The van der Waals surface area contributed by atoms with Crippen LogP contribution in [0.15, 0.2) is 47.1 Å². The van der Waals surface area contributed by atoms with Gasteiger partial charge in [-0.25, -0.2) is 4.39 Å². The summed E-state index contributed by atoms with van der Waals surface area (Å²) in [6.07, 6.45) is 6.54. The Hall–Kier alpha value is -3.31. The number of para-hydroxylation sites is 1. The smallest absolute Gasteiger partial charge is 0.259 e. The fraction of sp³-hybridized carbons (Fsp3) is 0.514. The normalized spacial score (nSPS) is 27.2. The van der Waals surface area contributed by atoms with E-state index in [1.807, 2.05) is 11.0 Å². The molecule has 46 heavy (non-hydrogen) atoms. The highest BCUT2D eigenvalue weighted by Gasteiger charge is 2.40. The molecule has 1 N–H and O–H groups in total. The van der Waals surface area contributed by atoms with Crippen LogP contribution in [-0.4, -0.2) is 84.5 Å². The maximum absolute atomic E-state index is 15.5. The van der Waals surface area contributed by atoms with Gasteiger partial charge in [-0.05, 0) is 69.7 Å². The lowest BCUT2D eigenvalue weighted by molar-refractivity contribution is -0.133. The van der Waals surface area contributed by atoms with Crippen molar-refractivity contribution in [3.05, 3.63) is 64.6 Å². The molecular weight excluding hydrogens is 613 g/mol. The lowest BCUT2D eigenvalue weighted by Crippen LogP contribution is -2.51. The summed E-state index contributed by atoms with van der Waals surface area (Å²) in [4.78, 5) is 42.2. The van der Waals surface area contributed by atoms with Gasteiger partial charge in [-0.2, -0.15) is 0 Å². The van der Waals surface area contributed by atoms with Crippen LogP contribution in [0.5, 0.6) is 0 Å². The first-order valence-electron chi connectivity index (χ1n) is 16.2. The summed E-state index contributed by atoms with van der Waals surface area (Å²) < 4.78 is 33.2. The molecule has 6 rings (SSSR count). The van der Waals surface area contributed by atoms with Crippen LogP contribution in [0.3, 0.4) is 0 Å². The molecule has 2 saturated heterocycles. The van der Waals surface area contributed by atoms with Gasteiger partial charge in [-0.1, -0.05) is 29.8 Å². The van der Waals surface area contributed by atoms with Crippen LogP contribution in [0, 0.1) is 11.7 Å². The van der Waals surface area contributed by atoms with E-state index in [2.05, 4.69) is 24.1 Å². The van der Waals surface area contributed by atoms with E-state index < -0.39 is 11.7 Å². The quantitative estimate of drug-likeness (QED) is 0.288. The van der Waals surface area contributed by atoms with Crippen LogP contribution in [0.4, 0.5) is 10.1 Å². The number of furan rings is 1. The number of fused-ring (bicyclic) bond motifs is 1. The molecule has 0 spiro atoms. The summed E-state index contributed by atoms with van der Waals surface area (Å²) in [6.45, 7) is 6.61. The zero-order valence-corrected chi connectivity index (χ0v) is 27.0. The molecule has 1 aliphatic carbocycles. The van der Waals surface area contributed by atoms with Gasteiger partial charge in [0.1, 0.15) is 23.9 Å². The van der Waals surface area contributed by atoms with Gasteiger partial charge >= 0.3 is 0 Å². The Balaban J connectivity index is 1.14. The number of amides is 2. The van der Waals surface area contributed by atoms with Gasteiger partial charge in [0.2, 0.25) is 5.91 Å². The van der Waals surface area contributed by atoms with Crippen LogP contribution in [0.25, 0.3) is 11.0 Å². The zero-order valence-electron chi connectivity index (χ0n) is 26.3. The van der Waals surface area contributed by atoms with Gasteiger partial charge in [0, 0.05) is 37.0 Å². The molecule has 3 aliphatic rings. The average molecular weight is 654 g/mol. The summed E-state index contributed by atoms with van der Waals surface area (Å²) in [5.41, 5.74) is 1.14. The van der Waals surface area contributed by atoms with Crippen LogP contribution in [0.1, 0.15) is 61.9 Å². The molecule has 3 aromatic rings. The van der Waals surface area contributed by atoms with Crippen molar-refractivity contribution in [3.63, 3.8) is 0 Å². The number of halogens is 2. The number of anilines is 1. The summed E-state index contributed by atoms with van der Waals surface area (Å²) in [7, 11) is 0. The lowest BCUT2D eigenvalue weighted by Gasteiger charge is -2.38. The second-order valence-electron chi connectivity index (χ2n) is 13.0. The number of benzene rings is 2. The second kappa shape index (κ2) is 14.2. The number of ether oxygens (including phenoxy) is 2. The summed E-state index contributed by atoms with van der Waals surface area (Å²) in [6, 6.07) is 9.68. The van der Waals surface area contributed by atoms with Crippen molar-refractivity contribution in [2.45, 2.75) is 82.8 Å². The Labute approximate surface area is 273 Å². The Morgan fingerprint density at radius 2 is 1.83 bits per heavy atom. The van der Waals surface area contributed by atoms with Crippen LogP contribution in [-0.2, 0) is 25.5 Å². The molecule has 9 nitrogen and oxygen atoms in total. The maximum atomic E-state index is 15.5. The molecule has 11 heteroatoms. The third-order valence-corrected chi connectivity index (χ3v) is 9.88. The molecule has 0 radical (unpaired) electrons. The molecule has 4 atom stereocenters. The van der Waals surface area contributed by atoms with Gasteiger partial charge < -0.3 is 28.9 Å². The fourth-order valence-corrected chi connectivity index (χ4v) is 7.43. The highest BCUT2D eigenvalue weighted by Crippen LogP contribution is 2.32. The number of morpholine rings is 1. The van der Waals surface area contributed by atoms with Gasteiger partial charge in [0.05, 0.1) is 53.7 Å². The van der Waals surface area contributed by atoms with Crippen LogP contribution < -0.4 is 5.32 Å². The summed E-state index contributed by atoms with van der Waals surface area (Å²) >= 11 is 6.52. The van der Waals surface area contributed by atoms with Gasteiger partial charge in [0.25, 0.3) is 5.91 Å². The molecule has 3 heterocycles. The van der Waals surface area contributed by atoms with Crippen molar-refractivity contribution < 1.29 is 32.7 Å². The van der Waals surface area contributed by atoms with E-state index in [4.69, 9.17) is 25.5 Å². The molecule has 3 fully saturated rings. The minimum absolute atomic E-state index is 0.0645. The molecule has 2 aliphatic heterocycles. The number of hydrogen-bond donors (Lipinski definition) is 1. The van der Waals surface area contributed by atoms with Crippen molar-refractivity contribution in [3.8, 4) is 0 Å². The summed E-state index contributed by atoms with van der Waals surface area (Å²) in [5, 5.41) is 3.44. The van der Waals surface area contributed by atoms with E-state index >= 15 is 4.39 Å². The predicted molar refractivity (Wildman–Crippen MR) is 173 cm³/mol. The minimum Gasteiger partial charge on any atom is -0.463 e. The SMILES string of the molecule is C[C@@H]1CN([C@H]2C[C@@H](CO[C@H]3CC[C@H](C=O)CC3)N(C(=O)Cc3cc(Cl)c(NC(=O)c4coc5ccccc45)cc3F)C2)C[C@H](C)O1. The van der Waals surface area contributed by atoms with E-state index in [9.17, 15) is 14.4 Å². The highest BCUT2D eigenvalue weighted by atomic mass is 35.5. The van der Waals surface area contributed by atoms with E-state index in [0.29, 0.717) is 29.7 Å². The highest BCUT2D eigenvalue weighted by molar-refractivity contribution is 6.34. The molecule has 246 valence electrons. The third kappa shape index (κ3) is 7.30. The molecule has 1 saturated carbocycles. The number of carbonyl (C=O) groups excluding carboxylic acids is 3. The molecular formula is C35H41ClFN3O6. The topological polar surface area (TPSA) is 101 Å². The standard InChI is InChI=1S/C35H41ClFN3O6/c1-21-15-39(16-22(2)46-21)25-13-26(19-44-27-9-7-23(18-41)8-10-27)40(17-25)34(42)12-24-11-30(36)32(14-31(24)37)38-35(43)29-20-45-33-6-4-3-5-28(29)33/h3-6,11,14,18,20-23,25-27H,7-10,12-13,15-17,19H2,1-2H3,(H,38,43)/t21-,22+,23-,25-,26-,27-/m0/s1. The van der Waals surface area contributed by atoms with Crippen molar-refractivity contribution in [1.82, 2.24) is 9.80 Å². The number of carbonyl (C=O) groups is 3. The number of nitrogens with zero attached hydrogens (tertiary/aromatic N) is 2. The Kier molecular flexibility index (Phi) is 10.1. The van der Waals surface area contributed by atoms with Crippen molar-refractivity contribution in [2.24, 2.45) is 5.92 Å². The predicted octanol–water partition coefficient (Wildman–Crippen LogP) is 5.87. The average Bonchev–Trinajstić information content (AvgIpc) is 3.67.